The van der Waals surface area contributed by atoms with E-state index in [9.17, 15) is 9.59 Å². The normalized spacial score (nSPS) is 10.7. The average molecular weight is 448 g/mol. The summed E-state index contributed by atoms with van der Waals surface area (Å²) < 4.78 is 0. The molecule has 8 nitrogen and oxygen atoms in total. The van der Waals surface area contributed by atoms with Crippen LogP contribution in [0.2, 0.25) is 0 Å². The smallest absolute Gasteiger partial charge is 0.255 e. The predicted octanol–water partition coefficient (Wildman–Crippen LogP) is 4.57. The highest BCUT2D eigenvalue weighted by molar-refractivity contribution is 6.05. The Morgan fingerprint density at radius 2 is 1.41 bits per heavy atom. The van der Waals surface area contributed by atoms with E-state index in [-0.39, 0.29) is 18.2 Å². The maximum atomic E-state index is 12.4. The van der Waals surface area contributed by atoms with E-state index in [1.165, 1.54) is 0 Å². The van der Waals surface area contributed by atoms with E-state index in [0.29, 0.717) is 22.6 Å². The number of rotatable bonds is 7. The summed E-state index contributed by atoms with van der Waals surface area (Å²) in [5.74, 6) is 0.509. The van der Waals surface area contributed by atoms with Gasteiger partial charge in [-0.2, -0.15) is 0 Å². The zero-order valence-electron chi connectivity index (χ0n) is 18.0. The second-order valence-electron chi connectivity index (χ2n) is 7.60. The van der Waals surface area contributed by atoms with Crippen molar-refractivity contribution in [2.24, 2.45) is 0 Å². The van der Waals surface area contributed by atoms with Gasteiger partial charge in [0.25, 0.3) is 5.91 Å². The third-order valence-electron chi connectivity index (χ3n) is 5.30. The standard InChI is InChI=1S/C26H20N6O2/c33-24(17-7-11-27-12-8-17)16-29-20-3-1-18(2-4-20)25-31-22-6-5-21(15-23(22)32-25)30-26(34)19-9-13-28-14-10-19/h1-15,29H,16H2,(H,30,34)(H,31,32). The third kappa shape index (κ3) is 4.66. The van der Waals surface area contributed by atoms with Gasteiger partial charge < -0.3 is 15.6 Å². The molecule has 5 rings (SSSR count). The van der Waals surface area contributed by atoms with Gasteiger partial charge in [-0.1, -0.05) is 0 Å². The first-order chi connectivity index (χ1) is 16.7. The molecule has 34 heavy (non-hydrogen) atoms. The number of benzene rings is 2. The molecular weight excluding hydrogens is 428 g/mol. The van der Waals surface area contributed by atoms with E-state index in [1.54, 1.807) is 49.1 Å². The van der Waals surface area contributed by atoms with Crippen LogP contribution in [0, 0.1) is 0 Å². The minimum Gasteiger partial charge on any atom is -0.378 e. The summed E-state index contributed by atoms with van der Waals surface area (Å²) >= 11 is 0. The van der Waals surface area contributed by atoms with Gasteiger partial charge in [0.15, 0.2) is 5.78 Å². The molecule has 0 radical (unpaired) electrons. The van der Waals surface area contributed by atoms with E-state index in [4.69, 9.17) is 0 Å². The first-order valence-electron chi connectivity index (χ1n) is 10.6. The maximum absolute atomic E-state index is 12.4. The van der Waals surface area contributed by atoms with Crippen molar-refractivity contribution in [1.29, 1.82) is 0 Å². The number of ketones is 1. The van der Waals surface area contributed by atoms with Crippen LogP contribution in [0.15, 0.2) is 91.5 Å². The molecule has 0 atom stereocenters. The summed E-state index contributed by atoms with van der Waals surface area (Å²) in [5.41, 5.74) is 5.18. The summed E-state index contributed by atoms with van der Waals surface area (Å²) in [5, 5.41) is 6.03. The zero-order chi connectivity index (χ0) is 23.3. The molecule has 0 unspecified atom stereocenters. The second kappa shape index (κ2) is 9.33. The van der Waals surface area contributed by atoms with Crippen LogP contribution < -0.4 is 10.6 Å². The second-order valence-corrected chi connectivity index (χ2v) is 7.60. The SMILES string of the molecule is O=C(CNc1ccc(-c2nc3ccc(NC(=O)c4ccncc4)cc3[nH]2)cc1)c1ccncc1. The summed E-state index contributed by atoms with van der Waals surface area (Å²) in [6.07, 6.45) is 6.37. The van der Waals surface area contributed by atoms with Crippen molar-refractivity contribution in [2.45, 2.75) is 0 Å². The molecule has 3 heterocycles. The molecule has 0 saturated heterocycles. The minimum absolute atomic E-state index is 0.00409. The van der Waals surface area contributed by atoms with Crippen molar-refractivity contribution in [2.75, 3.05) is 17.2 Å². The number of pyridine rings is 2. The Hall–Kier alpha value is -4.85. The van der Waals surface area contributed by atoms with Gasteiger partial charge in [-0.15, -0.1) is 0 Å². The van der Waals surface area contributed by atoms with Crippen LogP contribution in [0.4, 0.5) is 11.4 Å². The Labute approximate surface area is 195 Å². The molecular formula is C26H20N6O2. The summed E-state index contributed by atoms with van der Waals surface area (Å²) in [6.45, 7) is 0.196. The fourth-order valence-corrected chi connectivity index (χ4v) is 3.50. The van der Waals surface area contributed by atoms with E-state index in [2.05, 4.69) is 30.6 Å². The van der Waals surface area contributed by atoms with Crippen LogP contribution in [0.25, 0.3) is 22.4 Å². The minimum atomic E-state index is -0.202. The van der Waals surface area contributed by atoms with Crippen molar-refractivity contribution in [3.63, 3.8) is 0 Å². The van der Waals surface area contributed by atoms with Gasteiger partial charge in [-0.05, 0) is 66.7 Å². The van der Waals surface area contributed by atoms with Gasteiger partial charge in [-0.25, -0.2) is 4.98 Å². The Balaban J connectivity index is 1.26. The van der Waals surface area contributed by atoms with Crippen LogP contribution in [0.1, 0.15) is 20.7 Å². The van der Waals surface area contributed by atoms with E-state index in [0.717, 1.165) is 22.3 Å². The number of Topliss-reactive ketones (excluding diaryl/α,β-unsaturated/α-hetero) is 1. The highest BCUT2D eigenvalue weighted by Gasteiger charge is 2.10. The van der Waals surface area contributed by atoms with Crippen LogP contribution in [-0.2, 0) is 0 Å². The van der Waals surface area contributed by atoms with Crippen molar-refractivity contribution in [1.82, 2.24) is 19.9 Å². The van der Waals surface area contributed by atoms with Gasteiger partial charge in [0.1, 0.15) is 5.82 Å². The lowest BCUT2D eigenvalue weighted by Crippen LogP contribution is -2.13. The molecule has 0 saturated carbocycles. The highest BCUT2D eigenvalue weighted by Crippen LogP contribution is 2.24. The molecule has 0 bridgehead atoms. The number of carbonyl (C=O) groups is 2. The Bertz CT molecular complexity index is 1450. The number of hydrogen-bond acceptors (Lipinski definition) is 6. The number of fused-ring (bicyclic) bond motifs is 1. The van der Waals surface area contributed by atoms with Crippen molar-refractivity contribution in [3.8, 4) is 11.4 Å². The molecule has 8 heteroatoms. The molecule has 0 aliphatic rings. The van der Waals surface area contributed by atoms with Crippen LogP contribution >= 0.6 is 0 Å². The number of amides is 1. The summed E-state index contributed by atoms with van der Waals surface area (Å²) in [6, 6.07) is 19.9. The maximum Gasteiger partial charge on any atom is 0.255 e. The largest absolute Gasteiger partial charge is 0.378 e. The Morgan fingerprint density at radius 1 is 0.765 bits per heavy atom. The molecule has 5 aromatic rings. The molecule has 0 aliphatic carbocycles. The van der Waals surface area contributed by atoms with Crippen molar-refractivity contribution >= 4 is 34.1 Å². The lowest BCUT2D eigenvalue weighted by Gasteiger charge is -2.06. The van der Waals surface area contributed by atoms with Gasteiger partial charge >= 0.3 is 0 Å². The molecule has 166 valence electrons. The number of anilines is 2. The molecule has 0 spiro atoms. The predicted molar refractivity (Wildman–Crippen MR) is 131 cm³/mol. The topological polar surface area (TPSA) is 113 Å². The molecule has 1 amide bonds. The third-order valence-corrected chi connectivity index (χ3v) is 5.30. The molecule has 3 aromatic heterocycles. The van der Waals surface area contributed by atoms with Gasteiger partial charge in [0.05, 0.1) is 17.6 Å². The number of carbonyl (C=O) groups excluding carboxylic acids is 2. The Kier molecular flexibility index (Phi) is 5.77. The summed E-state index contributed by atoms with van der Waals surface area (Å²) in [7, 11) is 0. The number of aromatic amines is 1. The van der Waals surface area contributed by atoms with E-state index < -0.39 is 0 Å². The number of nitrogens with zero attached hydrogens (tertiary/aromatic N) is 3. The van der Waals surface area contributed by atoms with Crippen LogP contribution in [0.5, 0.6) is 0 Å². The van der Waals surface area contributed by atoms with E-state index >= 15 is 0 Å². The fraction of sp³-hybridized carbons (Fsp3) is 0.0385. The average Bonchev–Trinajstić information content (AvgIpc) is 3.32. The number of hydrogen-bond donors (Lipinski definition) is 3. The molecule has 3 N–H and O–H groups in total. The Morgan fingerprint density at radius 3 is 2.12 bits per heavy atom. The quantitative estimate of drug-likeness (QED) is 0.315. The van der Waals surface area contributed by atoms with Gasteiger partial charge in [-0.3, -0.25) is 19.6 Å². The van der Waals surface area contributed by atoms with Crippen molar-refractivity contribution < 1.29 is 9.59 Å². The summed E-state index contributed by atoms with van der Waals surface area (Å²) in [4.78, 5) is 40.4. The first-order valence-corrected chi connectivity index (χ1v) is 10.6. The van der Waals surface area contributed by atoms with Crippen molar-refractivity contribution in [3.05, 3.63) is 103 Å². The molecule has 0 fully saturated rings. The van der Waals surface area contributed by atoms with Crippen LogP contribution in [-0.4, -0.2) is 38.2 Å². The lowest BCUT2D eigenvalue weighted by molar-refractivity contribution is 0.100. The van der Waals surface area contributed by atoms with Crippen LogP contribution in [0.3, 0.4) is 0 Å². The van der Waals surface area contributed by atoms with Gasteiger partial charge in [0.2, 0.25) is 0 Å². The number of aromatic nitrogens is 4. The highest BCUT2D eigenvalue weighted by atomic mass is 16.1. The fourth-order valence-electron chi connectivity index (χ4n) is 3.50. The zero-order valence-corrected chi connectivity index (χ0v) is 18.0. The molecule has 0 aliphatic heterocycles. The van der Waals surface area contributed by atoms with E-state index in [1.807, 2.05) is 42.5 Å². The number of nitrogens with one attached hydrogen (secondary N) is 3. The monoisotopic (exact) mass is 448 g/mol. The molecule has 2 aromatic carbocycles. The lowest BCUT2D eigenvalue weighted by atomic mass is 10.1. The first kappa shape index (κ1) is 21.0. The number of H-pyrrole nitrogens is 1. The van der Waals surface area contributed by atoms with Gasteiger partial charge in [0, 0.05) is 52.9 Å². The number of imidazole rings is 1.